The highest BCUT2D eigenvalue weighted by atomic mass is 16.4. The normalized spacial score (nSPS) is 21.8. The van der Waals surface area contributed by atoms with Gasteiger partial charge in [-0.2, -0.15) is 0 Å². The topological polar surface area (TPSA) is 66.4 Å². The Bertz CT molecular complexity index is 522. The van der Waals surface area contributed by atoms with Gasteiger partial charge in [-0.3, -0.25) is 9.59 Å². The van der Waals surface area contributed by atoms with Crippen molar-refractivity contribution in [2.45, 2.75) is 32.7 Å². The molecular formula is C15H19NO3. The van der Waals surface area contributed by atoms with E-state index in [0.717, 1.165) is 11.1 Å². The van der Waals surface area contributed by atoms with Gasteiger partial charge in [0.05, 0.1) is 17.4 Å². The summed E-state index contributed by atoms with van der Waals surface area (Å²) in [6.45, 7) is 5.86. The Hall–Kier alpha value is -1.84. The summed E-state index contributed by atoms with van der Waals surface area (Å²) in [5.74, 6) is -1.93. The van der Waals surface area contributed by atoms with Gasteiger partial charge < -0.3 is 10.4 Å². The molecule has 0 heterocycles. The third kappa shape index (κ3) is 2.95. The molecule has 2 atom stereocenters. The van der Waals surface area contributed by atoms with E-state index in [1.165, 1.54) is 0 Å². The first-order valence-corrected chi connectivity index (χ1v) is 6.43. The molecule has 102 valence electrons. The third-order valence-corrected chi connectivity index (χ3v) is 3.62. The van der Waals surface area contributed by atoms with E-state index in [0.29, 0.717) is 6.42 Å². The predicted octanol–water partition coefficient (Wildman–Crippen LogP) is 2.07. The fourth-order valence-corrected chi connectivity index (χ4v) is 2.26. The Morgan fingerprint density at radius 1 is 1.32 bits per heavy atom. The number of nitrogens with one attached hydrogen (secondary N) is 1. The van der Waals surface area contributed by atoms with Gasteiger partial charge in [-0.15, -0.1) is 0 Å². The number of amides is 1. The van der Waals surface area contributed by atoms with Crippen LogP contribution in [0.2, 0.25) is 0 Å². The second-order valence-corrected chi connectivity index (χ2v) is 5.77. The number of rotatable bonds is 4. The minimum absolute atomic E-state index is 0.168. The van der Waals surface area contributed by atoms with Gasteiger partial charge in [-0.1, -0.05) is 29.8 Å². The molecule has 0 aliphatic heterocycles. The molecule has 4 heteroatoms. The zero-order valence-electron chi connectivity index (χ0n) is 11.4. The van der Waals surface area contributed by atoms with Crippen molar-refractivity contribution in [3.05, 3.63) is 35.4 Å². The molecular weight excluding hydrogens is 242 g/mol. The molecule has 1 amide bonds. The average Bonchev–Trinajstić information content (AvgIpc) is 3.08. The van der Waals surface area contributed by atoms with E-state index < -0.39 is 17.4 Å². The van der Waals surface area contributed by atoms with Crippen LogP contribution in [0.5, 0.6) is 0 Å². The molecule has 0 aromatic heterocycles. The van der Waals surface area contributed by atoms with Crippen molar-refractivity contribution in [2.24, 2.45) is 11.8 Å². The van der Waals surface area contributed by atoms with Crippen molar-refractivity contribution in [2.75, 3.05) is 0 Å². The summed E-state index contributed by atoms with van der Waals surface area (Å²) in [6, 6.07) is 7.95. The molecule has 0 bridgehead atoms. The summed E-state index contributed by atoms with van der Waals surface area (Å²) in [5, 5.41) is 11.8. The lowest BCUT2D eigenvalue weighted by atomic mass is 9.92. The van der Waals surface area contributed by atoms with Crippen molar-refractivity contribution >= 4 is 11.9 Å². The maximum absolute atomic E-state index is 12.0. The molecule has 19 heavy (non-hydrogen) atoms. The number of carboxylic acid groups (broad SMARTS) is 1. The predicted molar refractivity (Wildman–Crippen MR) is 71.6 cm³/mol. The summed E-state index contributed by atoms with van der Waals surface area (Å²) in [7, 11) is 0. The van der Waals surface area contributed by atoms with E-state index in [4.69, 9.17) is 5.11 Å². The van der Waals surface area contributed by atoms with Crippen LogP contribution in [0.15, 0.2) is 24.3 Å². The van der Waals surface area contributed by atoms with Crippen molar-refractivity contribution in [1.82, 2.24) is 5.32 Å². The van der Waals surface area contributed by atoms with E-state index in [-0.39, 0.29) is 11.8 Å². The second kappa shape index (κ2) is 4.68. The average molecular weight is 261 g/mol. The lowest BCUT2D eigenvalue weighted by Crippen LogP contribution is -2.42. The number of benzene rings is 1. The standard InChI is InChI=1S/C15H19NO3/c1-9-5-4-6-10(7-9)15(2,3)16-13(17)11-8-12(11)14(18)19/h4-7,11-12H,8H2,1-3H3,(H,16,17)(H,18,19)/t11-,12-/m1/s1. The number of aryl methyl sites for hydroxylation is 1. The SMILES string of the molecule is Cc1cccc(C(C)(C)NC(=O)[C@@H]2C[C@H]2C(=O)O)c1. The van der Waals surface area contributed by atoms with Crippen LogP contribution in [-0.2, 0) is 15.1 Å². The van der Waals surface area contributed by atoms with E-state index in [1.54, 1.807) is 0 Å². The Labute approximate surface area is 112 Å². The maximum Gasteiger partial charge on any atom is 0.307 e. The van der Waals surface area contributed by atoms with Crippen molar-refractivity contribution in [3.63, 3.8) is 0 Å². The number of carbonyl (C=O) groups is 2. The monoisotopic (exact) mass is 261 g/mol. The largest absolute Gasteiger partial charge is 0.481 e. The van der Waals surface area contributed by atoms with Crippen LogP contribution < -0.4 is 5.32 Å². The zero-order valence-corrected chi connectivity index (χ0v) is 11.4. The number of aliphatic carboxylic acids is 1. The zero-order chi connectivity index (χ0) is 14.2. The van der Waals surface area contributed by atoms with Gasteiger partial charge in [0.2, 0.25) is 5.91 Å². The fourth-order valence-electron chi connectivity index (χ4n) is 2.26. The molecule has 1 aliphatic carbocycles. The second-order valence-electron chi connectivity index (χ2n) is 5.77. The summed E-state index contributed by atoms with van der Waals surface area (Å²) in [6.07, 6.45) is 0.449. The van der Waals surface area contributed by atoms with Gasteiger partial charge in [0.25, 0.3) is 0 Å². The van der Waals surface area contributed by atoms with Crippen LogP contribution >= 0.6 is 0 Å². The van der Waals surface area contributed by atoms with E-state index >= 15 is 0 Å². The molecule has 1 saturated carbocycles. The quantitative estimate of drug-likeness (QED) is 0.872. The van der Waals surface area contributed by atoms with Crippen molar-refractivity contribution in [1.29, 1.82) is 0 Å². The minimum atomic E-state index is -0.881. The minimum Gasteiger partial charge on any atom is -0.481 e. The molecule has 1 aliphatic rings. The summed E-state index contributed by atoms with van der Waals surface area (Å²) < 4.78 is 0. The van der Waals surface area contributed by atoms with Gasteiger partial charge in [0, 0.05) is 0 Å². The van der Waals surface area contributed by atoms with Gasteiger partial charge in [0.15, 0.2) is 0 Å². The first-order chi connectivity index (χ1) is 8.81. The third-order valence-electron chi connectivity index (χ3n) is 3.62. The highest BCUT2D eigenvalue weighted by Gasteiger charge is 2.49. The van der Waals surface area contributed by atoms with Crippen LogP contribution in [0.25, 0.3) is 0 Å². The highest BCUT2D eigenvalue weighted by Crippen LogP contribution is 2.39. The molecule has 0 unspecified atom stereocenters. The van der Waals surface area contributed by atoms with Crippen LogP contribution in [0.1, 0.15) is 31.4 Å². The molecule has 1 aromatic carbocycles. The van der Waals surface area contributed by atoms with Crippen molar-refractivity contribution < 1.29 is 14.7 Å². The summed E-state index contributed by atoms with van der Waals surface area (Å²) >= 11 is 0. The van der Waals surface area contributed by atoms with E-state index in [1.807, 2.05) is 45.0 Å². The Morgan fingerprint density at radius 2 is 2.00 bits per heavy atom. The Morgan fingerprint density at radius 3 is 2.53 bits per heavy atom. The van der Waals surface area contributed by atoms with E-state index in [2.05, 4.69) is 5.32 Å². The molecule has 1 fully saturated rings. The lowest BCUT2D eigenvalue weighted by molar-refractivity contribution is -0.140. The molecule has 4 nitrogen and oxygen atoms in total. The van der Waals surface area contributed by atoms with Crippen LogP contribution in [0.4, 0.5) is 0 Å². The first-order valence-electron chi connectivity index (χ1n) is 6.43. The number of carbonyl (C=O) groups excluding carboxylic acids is 1. The molecule has 0 spiro atoms. The Kier molecular flexibility index (Phi) is 3.35. The van der Waals surface area contributed by atoms with Gasteiger partial charge in [0.1, 0.15) is 0 Å². The Balaban J connectivity index is 2.06. The molecule has 2 N–H and O–H groups in total. The highest BCUT2D eigenvalue weighted by molar-refractivity contribution is 5.89. The van der Waals surface area contributed by atoms with Crippen LogP contribution in [-0.4, -0.2) is 17.0 Å². The van der Waals surface area contributed by atoms with Crippen molar-refractivity contribution in [3.8, 4) is 0 Å². The van der Waals surface area contributed by atoms with Crippen LogP contribution in [0, 0.1) is 18.8 Å². The summed E-state index contributed by atoms with van der Waals surface area (Å²) in [4.78, 5) is 22.8. The number of hydrogen-bond donors (Lipinski definition) is 2. The van der Waals surface area contributed by atoms with Gasteiger partial charge in [-0.25, -0.2) is 0 Å². The van der Waals surface area contributed by atoms with E-state index in [9.17, 15) is 9.59 Å². The number of carboxylic acids is 1. The number of hydrogen-bond acceptors (Lipinski definition) is 2. The van der Waals surface area contributed by atoms with Gasteiger partial charge >= 0.3 is 5.97 Å². The van der Waals surface area contributed by atoms with Gasteiger partial charge in [-0.05, 0) is 32.8 Å². The molecule has 1 aromatic rings. The lowest BCUT2D eigenvalue weighted by Gasteiger charge is -2.27. The molecule has 2 rings (SSSR count). The smallest absolute Gasteiger partial charge is 0.307 e. The molecule has 0 radical (unpaired) electrons. The summed E-state index contributed by atoms with van der Waals surface area (Å²) in [5.41, 5.74) is 1.66. The fraction of sp³-hybridized carbons (Fsp3) is 0.467. The molecule has 0 saturated heterocycles. The first kappa shape index (κ1) is 13.6. The maximum atomic E-state index is 12.0. The van der Waals surface area contributed by atoms with Crippen LogP contribution in [0.3, 0.4) is 0 Å².